The average Bonchev–Trinajstić information content (AvgIpc) is 3.04. The predicted octanol–water partition coefficient (Wildman–Crippen LogP) is 4.89. The number of amides is 1. The summed E-state index contributed by atoms with van der Waals surface area (Å²) in [7, 11) is 0. The fraction of sp³-hybridized carbons (Fsp3) is 0.400. The molecule has 6 nitrogen and oxygen atoms in total. The van der Waals surface area contributed by atoms with E-state index in [0.29, 0.717) is 24.4 Å². The van der Waals surface area contributed by atoms with E-state index in [1.54, 1.807) is 12.1 Å². The summed E-state index contributed by atoms with van der Waals surface area (Å²) < 4.78 is 5.46. The van der Waals surface area contributed by atoms with Gasteiger partial charge in [0, 0.05) is 11.1 Å². The smallest absolute Gasteiger partial charge is 0.239 e. The number of fused-ring (bicyclic) bond motifs is 2. The number of hydrogen-bond acceptors (Lipinski definition) is 5. The molecule has 0 aromatic heterocycles. The SMILES string of the molecule is CCOc1ccc(NC(=O)C23CCC(C)(C(=NNc4ccccc4)C2=O)C3(C)C)cc1. The van der Waals surface area contributed by atoms with Crippen LogP contribution in [0, 0.1) is 16.2 Å². The van der Waals surface area contributed by atoms with Crippen LogP contribution in [-0.4, -0.2) is 24.0 Å². The molecule has 0 saturated heterocycles. The Labute approximate surface area is 183 Å². The Morgan fingerprint density at radius 2 is 1.68 bits per heavy atom. The largest absolute Gasteiger partial charge is 0.494 e. The van der Waals surface area contributed by atoms with Gasteiger partial charge in [0.25, 0.3) is 0 Å². The van der Waals surface area contributed by atoms with Gasteiger partial charge in [-0.1, -0.05) is 39.0 Å². The van der Waals surface area contributed by atoms with Crippen LogP contribution >= 0.6 is 0 Å². The molecule has 2 aliphatic rings. The topological polar surface area (TPSA) is 79.8 Å². The van der Waals surface area contributed by atoms with E-state index in [4.69, 9.17) is 4.74 Å². The number of nitrogens with one attached hydrogen (secondary N) is 2. The normalized spacial score (nSPS) is 27.4. The highest BCUT2D eigenvalue weighted by atomic mass is 16.5. The van der Waals surface area contributed by atoms with Gasteiger partial charge in [0.1, 0.15) is 16.9 Å². The molecule has 4 rings (SSSR count). The van der Waals surface area contributed by atoms with Crippen LogP contribution in [0.5, 0.6) is 5.75 Å². The van der Waals surface area contributed by atoms with Crippen molar-refractivity contribution in [3.8, 4) is 5.75 Å². The third-order valence-electron chi connectivity index (χ3n) is 7.45. The van der Waals surface area contributed by atoms with E-state index in [1.807, 2.05) is 63.2 Å². The van der Waals surface area contributed by atoms with Crippen molar-refractivity contribution in [2.24, 2.45) is 21.3 Å². The highest BCUT2D eigenvalue weighted by molar-refractivity contribution is 6.51. The minimum absolute atomic E-state index is 0.182. The van der Waals surface area contributed by atoms with Crippen LogP contribution in [-0.2, 0) is 9.59 Å². The van der Waals surface area contributed by atoms with Gasteiger partial charge in [0.2, 0.25) is 5.91 Å². The predicted molar refractivity (Wildman–Crippen MR) is 122 cm³/mol. The second-order valence-corrected chi connectivity index (χ2v) is 9.04. The number of nitrogens with zero attached hydrogens (tertiary/aromatic N) is 1. The molecule has 2 atom stereocenters. The molecule has 2 N–H and O–H groups in total. The van der Waals surface area contributed by atoms with Crippen LogP contribution in [0.4, 0.5) is 11.4 Å². The maximum Gasteiger partial charge on any atom is 0.239 e. The maximum atomic E-state index is 13.7. The summed E-state index contributed by atoms with van der Waals surface area (Å²) in [5, 5.41) is 7.49. The first-order valence-corrected chi connectivity index (χ1v) is 10.7. The van der Waals surface area contributed by atoms with Crippen LogP contribution in [0.2, 0.25) is 0 Å². The highest BCUT2D eigenvalue weighted by Crippen LogP contribution is 2.69. The molecule has 0 spiro atoms. The van der Waals surface area contributed by atoms with Crippen molar-refractivity contribution in [1.29, 1.82) is 0 Å². The number of carbonyl (C=O) groups excluding carboxylic acids is 2. The standard InChI is InChI=1S/C25H29N3O3/c1-5-31-19-13-11-17(12-14-19)26-22(30)25-16-15-24(4,23(25,2)3)20(21(25)29)28-27-18-9-7-6-8-10-18/h6-14,27H,5,15-16H2,1-4H3,(H,26,30). The van der Waals surface area contributed by atoms with Gasteiger partial charge in [-0.25, -0.2) is 0 Å². The molecule has 0 heterocycles. The Hall–Kier alpha value is -3.15. The van der Waals surface area contributed by atoms with Crippen molar-refractivity contribution >= 4 is 28.8 Å². The minimum Gasteiger partial charge on any atom is -0.494 e. The van der Waals surface area contributed by atoms with E-state index in [9.17, 15) is 9.59 Å². The second kappa shape index (κ2) is 7.52. The molecule has 2 bridgehead atoms. The van der Waals surface area contributed by atoms with E-state index >= 15 is 0 Å². The first kappa shape index (κ1) is 21.1. The van der Waals surface area contributed by atoms with E-state index in [2.05, 4.69) is 22.8 Å². The molecule has 1 amide bonds. The number of anilines is 2. The molecule has 2 aromatic rings. The monoisotopic (exact) mass is 419 g/mol. The fourth-order valence-electron chi connectivity index (χ4n) is 5.14. The van der Waals surface area contributed by atoms with Crippen LogP contribution in [0.25, 0.3) is 0 Å². The molecule has 2 unspecified atom stereocenters. The van der Waals surface area contributed by atoms with E-state index in [0.717, 1.165) is 17.9 Å². The summed E-state index contributed by atoms with van der Waals surface area (Å²) in [4.78, 5) is 27.2. The summed E-state index contributed by atoms with van der Waals surface area (Å²) in [6.07, 6.45) is 1.25. The highest BCUT2D eigenvalue weighted by Gasteiger charge is 2.76. The van der Waals surface area contributed by atoms with Gasteiger partial charge in [0.05, 0.1) is 12.3 Å². The molecule has 2 aliphatic carbocycles. The molecule has 2 saturated carbocycles. The molecule has 6 heteroatoms. The fourth-order valence-corrected chi connectivity index (χ4v) is 5.14. The van der Waals surface area contributed by atoms with Crippen molar-refractivity contribution in [2.75, 3.05) is 17.3 Å². The molecule has 0 radical (unpaired) electrons. The second-order valence-electron chi connectivity index (χ2n) is 9.04. The van der Waals surface area contributed by atoms with Gasteiger partial charge in [-0.2, -0.15) is 5.10 Å². The molecule has 0 aliphatic heterocycles. The number of para-hydroxylation sites is 1. The zero-order valence-electron chi connectivity index (χ0n) is 18.5. The molecular weight excluding hydrogens is 390 g/mol. The van der Waals surface area contributed by atoms with Crippen LogP contribution in [0.15, 0.2) is 59.7 Å². The van der Waals surface area contributed by atoms with Crippen LogP contribution < -0.4 is 15.5 Å². The van der Waals surface area contributed by atoms with E-state index in [-0.39, 0.29) is 11.7 Å². The van der Waals surface area contributed by atoms with Crippen molar-refractivity contribution in [1.82, 2.24) is 0 Å². The maximum absolute atomic E-state index is 13.7. The summed E-state index contributed by atoms with van der Waals surface area (Å²) in [6, 6.07) is 16.7. The Balaban J connectivity index is 1.63. The van der Waals surface area contributed by atoms with Crippen molar-refractivity contribution < 1.29 is 14.3 Å². The Morgan fingerprint density at radius 1 is 1.00 bits per heavy atom. The third-order valence-corrected chi connectivity index (χ3v) is 7.45. The number of Topliss-reactive ketones (excluding diaryl/α,β-unsaturated/α-hetero) is 1. The summed E-state index contributed by atoms with van der Waals surface area (Å²) >= 11 is 0. The van der Waals surface area contributed by atoms with Crippen molar-refractivity contribution in [2.45, 2.75) is 40.5 Å². The minimum atomic E-state index is -1.14. The quantitative estimate of drug-likeness (QED) is 0.516. The van der Waals surface area contributed by atoms with Crippen molar-refractivity contribution in [3.63, 3.8) is 0 Å². The van der Waals surface area contributed by atoms with Crippen LogP contribution in [0.1, 0.15) is 40.5 Å². The summed E-state index contributed by atoms with van der Waals surface area (Å²) in [5.74, 6) is 0.296. The van der Waals surface area contributed by atoms with Gasteiger partial charge in [-0.3, -0.25) is 15.0 Å². The first-order valence-electron chi connectivity index (χ1n) is 10.7. The molecular formula is C25H29N3O3. The van der Waals surface area contributed by atoms with E-state index < -0.39 is 16.2 Å². The van der Waals surface area contributed by atoms with Gasteiger partial charge in [0.15, 0.2) is 5.78 Å². The number of benzene rings is 2. The first-order chi connectivity index (χ1) is 14.8. The Kier molecular flexibility index (Phi) is 5.12. The van der Waals surface area contributed by atoms with Gasteiger partial charge >= 0.3 is 0 Å². The zero-order chi connectivity index (χ0) is 22.3. The number of hydrogen-bond donors (Lipinski definition) is 2. The number of rotatable bonds is 6. The van der Waals surface area contributed by atoms with Gasteiger partial charge < -0.3 is 10.1 Å². The van der Waals surface area contributed by atoms with Gasteiger partial charge in [-0.05, 0) is 61.6 Å². The summed E-state index contributed by atoms with van der Waals surface area (Å²) in [5.41, 5.74) is 2.72. The lowest BCUT2D eigenvalue weighted by molar-refractivity contribution is -0.139. The number of carbonyl (C=O) groups is 2. The third kappa shape index (κ3) is 3.04. The lowest BCUT2D eigenvalue weighted by Gasteiger charge is -2.37. The molecule has 162 valence electrons. The van der Waals surface area contributed by atoms with E-state index in [1.165, 1.54) is 0 Å². The van der Waals surface area contributed by atoms with Crippen molar-refractivity contribution in [3.05, 3.63) is 54.6 Å². The Bertz CT molecular complexity index is 1030. The van der Waals surface area contributed by atoms with Gasteiger partial charge in [-0.15, -0.1) is 0 Å². The van der Waals surface area contributed by atoms with Crippen LogP contribution in [0.3, 0.4) is 0 Å². The number of hydrazone groups is 1. The molecule has 2 fully saturated rings. The lowest BCUT2D eigenvalue weighted by atomic mass is 9.64. The number of ketones is 1. The molecule has 2 aromatic carbocycles. The molecule has 31 heavy (non-hydrogen) atoms. The zero-order valence-corrected chi connectivity index (χ0v) is 18.5. The summed E-state index contributed by atoms with van der Waals surface area (Å²) in [6.45, 7) is 8.58. The number of ether oxygens (including phenoxy) is 1. The Morgan fingerprint density at radius 3 is 2.32 bits per heavy atom. The average molecular weight is 420 g/mol. The lowest BCUT2D eigenvalue weighted by Crippen LogP contribution is -2.47.